The minimum absolute atomic E-state index is 0.00889. The van der Waals surface area contributed by atoms with Crippen LogP contribution in [-0.2, 0) is 0 Å². The summed E-state index contributed by atoms with van der Waals surface area (Å²) < 4.78 is 0. The summed E-state index contributed by atoms with van der Waals surface area (Å²) in [5.41, 5.74) is 7.74. The van der Waals surface area contributed by atoms with Crippen LogP contribution in [0.25, 0.3) is 0 Å². The summed E-state index contributed by atoms with van der Waals surface area (Å²) in [4.78, 5) is 0. The maximum absolute atomic E-state index is 8.49. The fourth-order valence-corrected chi connectivity index (χ4v) is 1.24. The van der Waals surface area contributed by atoms with Crippen LogP contribution in [0, 0.1) is 12.8 Å². The Kier molecular flexibility index (Phi) is 3.97. The Hall–Kier alpha value is -1.71. The zero-order valence-corrected chi connectivity index (χ0v) is 9.07. The zero-order chi connectivity index (χ0) is 11.3. The van der Waals surface area contributed by atoms with Crippen molar-refractivity contribution < 1.29 is 5.21 Å². The molecule has 0 radical (unpaired) electrons. The SMILES string of the molecule is Cc1ccccc1NCC(C)C(N)=NO. The number of benzene rings is 1. The number of oxime groups is 1. The quantitative estimate of drug-likeness (QED) is 0.305. The topological polar surface area (TPSA) is 70.6 Å². The Morgan fingerprint density at radius 2 is 2.20 bits per heavy atom. The minimum atomic E-state index is 0.00889. The molecule has 0 fully saturated rings. The molecule has 1 rings (SSSR count). The molecule has 4 heteroatoms. The van der Waals surface area contributed by atoms with Crippen molar-refractivity contribution in [2.75, 3.05) is 11.9 Å². The van der Waals surface area contributed by atoms with Gasteiger partial charge >= 0.3 is 0 Å². The molecule has 4 nitrogen and oxygen atoms in total. The Balaban J connectivity index is 2.54. The van der Waals surface area contributed by atoms with Gasteiger partial charge in [0.05, 0.1) is 0 Å². The maximum Gasteiger partial charge on any atom is 0.143 e. The average molecular weight is 207 g/mol. The molecule has 82 valence electrons. The highest BCUT2D eigenvalue weighted by atomic mass is 16.4. The molecule has 0 aliphatic rings. The minimum Gasteiger partial charge on any atom is -0.409 e. The largest absolute Gasteiger partial charge is 0.409 e. The Morgan fingerprint density at radius 1 is 1.53 bits per heavy atom. The monoisotopic (exact) mass is 207 g/mol. The van der Waals surface area contributed by atoms with E-state index in [1.807, 2.05) is 38.1 Å². The van der Waals surface area contributed by atoms with E-state index in [-0.39, 0.29) is 11.8 Å². The molecule has 0 saturated heterocycles. The van der Waals surface area contributed by atoms with Gasteiger partial charge in [0.2, 0.25) is 0 Å². The second-order valence-electron chi connectivity index (χ2n) is 3.62. The van der Waals surface area contributed by atoms with E-state index in [1.165, 1.54) is 5.56 Å². The molecule has 0 aliphatic carbocycles. The smallest absolute Gasteiger partial charge is 0.143 e. The van der Waals surface area contributed by atoms with Gasteiger partial charge in [-0.2, -0.15) is 0 Å². The molecule has 0 aromatic heterocycles. The number of aryl methyl sites for hydroxylation is 1. The van der Waals surface area contributed by atoms with Crippen molar-refractivity contribution in [1.29, 1.82) is 0 Å². The molecule has 1 aromatic carbocycles. The third-order valence-electron chi connectivity index (χ3n) is 2.36. The van der Waals surface area contributed by atoms with E-state index >= 15 is 0 Å². The Morgan fingerprint density at radius 3 is 2.80 bits per heavy atom. The third-order valence-corrected chi connectivity index (χ3v) is 2.36. The number of hydrogen-bond donors (Lipinski definition) is 3. The van der Waals surface area contributed by atoms with Gasteiger partial charge in [-0.25, -0.2) is 0 Å². The van der Waals surface area contributed by atoms with Crippen molar-refractivity contribution in [3.05, 3.63) is 29.8 Å². The third kappa shape index (κ3) is 3.16. The van der Waals surface area contributed by atoms with Crippen molar-refractivity contribution in [2.24, 2.45) is 16.8 Å². The number of nitrogens with two attached hydrogens (primary N) is 1. The second kappa shape index (κ2) is 5.24. The van der Waals surface area contributed by atoms with Crippen LogP contribution in [0.2, 0.25) is 0 Å². The standard InChI is InChI=1S/C11H17N3O/c1-8-5-3-4-6-10(8)13-7-9(2)11(12)14-15/h3-6,9,13,15H,7H2,1-2H3,(H2,12,14). The van der Waals surface area contributed by atoms with Crippen molar-refractivity contribution in [3.63, 3.8) is 0 Å². The van der Waals surface area contributed by atoms with Crippen LogP contribution in [0.15, 0.2) is 29.4 Å². The van der Waals surface area contributed by atoms with Crippen LogP contribution < -0.4 is 11.1 Å². The van der Waals surface area contributed by atoms with Crippen LogP contribution in [0.3, 0.4) is 0 Å². The van der Waals surface area contributed by atoms with Gasteiger partial charge in [0, 0.05) is 18.2 Å². The highest BCUT2D eigenvalue weighted by molar-refractivity contribution is 5.82. The molecule has 15 heavy (non-hydrogen) atoms. The summed E-state index contributed by atoms with van der Waals surface area (Å²) in [6.07, 6.45) is 0. The van der Waals surface area contributed by atoms with Crippen molar-refractivity contribution in [2.45, 2.75) is 13.8 Å². The molecule has 0 aliphatic heterocycles. The normalized spacial score (nSPS) is 13.6. The van der Waals surface area contributed by atoms with Gasteiger partial charge in [-0.3, -0.25) is 0 Å². The van der Waals surface area contributed by atoms with Gasteiger partial charge in [-0.15, -0.1) is 0 Å². The van der Waals surface area contributed by atoms with Gasteiger partial charge in [-0.1, -0.05) is 30.3 Å². The van der Waals surface area contributed by atoms with E-state index in [2.05, 4.69) is 10.5 Å². The highest BCUT2D eigenvalue weighted by Crippen LogP contribution is 2.13. The van der Waals surface area contributed by atoms with Crippen LogP contribution in [0.1, 0.15) is 12.5 Å². The van der Waals surface area contributed by atoms with E-state index in [1.54, 1.807) is 0 Å². The summed E-state index contributed by atoms with van der Waals surface area (Å²) in [5, 5.41) is 14.7. The van der Waals surface area contributed by atoms with Crippen molar-refractivity contribution >= 4 is 11.5 Å². The molecule has 0 amide bonds. The van der Waals surface area contributed by atoms with Crippen LogP contribution in [0.4, 0.5) is 5.69 Å². The molecule has 0 spiro atoms. The fourth-order valence-electron chi connectivity index (χ4n) is 1.24. The lowest BCUT2D eigenvalue weighted by Gasteiger charge is -2.13. The fraction of sp³-hybridized carbons (Fsp3) is 0.364. The van der Waals surface area contributed by atoms with Gasteiger partial charge in [0.25, 0.3) is 0 Å². The molecule has 1 atom stereocenters. The average Bonchev–Trinajstić information content (AvgIpc) is 2.26. The molecule has 0 bridgehead atoms. The van der Waals surface area contributed by atoms with Gasteiger partial charge < -0.3 is 16.3 Å². The summed E-state index contributed by atoms with van der Waals surface area (Å²) in [6.45, 7) is 4.59. The summed E-state index contributed by atoms with van der Waals surface area (Å²) >= 11 is 0. The highest BCUT2D eigenvalue weighted by Gasteiger charge is 2.07. The lowest BCUT2D eigenvalue weighted by Crippen LogP contribution is -2.27. The van der Waals surface area contributed by atoms with Gasteiger partial charge in [-0.05, 0) is 18.6 Å². The van der Waals surface area contributed by atoms with E-state index in [9.17, 15) is 0 Å². The number of hydrogen-bond acceptors (Lipinski definition) is 3. The van der Waals surface area contributed by atoms with E-state index in [4.69, 9.17) is 10.9 Å². The first-order chi connectivity index (χ1) is 7.15. The van der Waals surface area contributed by atoms with Gasteiger partial charge in [0.15, 0.2) is 0 Å². The lowest BCUT2D eigenvalue weighted by atomic mass is 10.1. The number of anilines is 1. The van der Waals surface area contributed by atoms with Crippen LogP contribution >= 0.6 is 0 Å². The maximum atomic E-state index is 8.49. The number of nitrogens with one attached hydrogen (secondary N) is 1. The number of nitrogens with zero attached hydrogens (tertiary/aromatic N) is 1. The molecule has 0 heterocycles. The molecular formula is C11H17N3O. The molecule has 0 saturated carbocycles. The molecular weight excluding hydrogens is 190 g/mol. The summed E-state index contributed by atoms with van der Waals surface area (Å²) in [5.74, 6) is 0.255. The molecule has 4 N–H and O–H groups in total. The summed E-state index contributed by atoms with van der Waals surface area (Å²) in [7, 11) is 0. The molecule has 1 unspecified atom stereocenters. The van der Waals surface area contributed by atoms with E-state index in [0.717, 1.165) is 5.69 Å². The second-order valence-corrected chi connectivity index (χ2v) is 3.62. The van der Waals surface area contributed by atoms with Crippen LogP contribution in [0.5, 0.6) is 0 Å². The Labute approximate surface area is 89.8 Å². The first kappa shape index (κ1) is 11.4. The number of rotatable bonds is 4. The van der Waals surface area contributed by atoms with Crippen LogP contribution in [-0.4, -0.2) is 17.6 Å². The first-order valence-electron chi connectivity index (χ1n) is 4.92. The number of amidine groups is 1. The predicted octanol–water partition coefficient (Wildman–Crippen LogP) is 1.79. The van der Waals surface area contributed by atoms with E-state index in [0.29, 0.717) is 6.54 Å². The predicted molar refractivity (Wildman–Crippen MR) is 62.2 cm³/mol. The van der Waals surface area contributed by atoms with Crippen molar-refractivity contribution in [1.82, 2.24) is 0 Å². The molecule has 1 aromatic rings. The van der Waals surface area contributed by atoms with Crippen molar-refractivity contribution in [3.8, 4) is 0 Å². The van der Waals surface area contributed by atoms with E-state index < -0.39 is 0 Å². The number of para-hydroxylation sites is 1. The zero-order valence-electron chi connectivity index (χ0n) is 9.07. The first-order valence-corrected chi connectivity index (χ1v) is 4.92. The lowest BCUT2D eigenvalue weighted by molar-refractivity contribution is 0.315. The Bertz CT molecular complexity index is 349. The van der Waals surface area contributed by atoms with Gasteiger partial charge in [0.1, 0.15) is 5.84 Å². The summed E-state index contributed by atoms with van der Waals surface area (Å²) in [6, 6.07) is 8.02.